The molecule has 2 saturated heterocycles. The van der Waals surface area contributed by atoms with Gasteiger partial charge >= 0.3 is 0 Å². The molecule has 0 spiro atoms. The molecular formula is C10H18N2O2. The molecule has 0 bridgehead atoms. The number of carbonyl (C=O) groups is 1. The Labute approximate surface area is 84.4 Å². The van der Waals surface area contributed by atoms with Crippen LogP contribution in [-0.2, 0) is 9.53 Å². The highest BCUT2D eigenvalue weighted by molar-refractivity contribution is 5.79. The molecule has 0 aliphatic carbocycles. The van der Waals surface area contributed by atoms with Crippen molar-refractivity contribution in [3.63, 3.8) is 0 Å². The molecule has 2 aliphatic rings. The molecule has 0 aromatic rings. The van der Waals surface area contributed by atoms with Crippen LogP contribution in [0.25, 0.3) is 0 Å². The zero-order valence-electron chi connectivity index (χ0n) is 8.64. The molecule has 1 atom stereocenters. The molecular weight excluding hydrogens is 180 g/mol. The summed E-state index contributed by atoms with van der Waals surface area (Å²) in [6, 6.07) is 0. The molecule has 14 heavy (non-hydrogen) atoms. The first kappa shape index (κ1) is 9.93. The molecule has 2 heterocycles. The maximum atomic E-state index is 11.6. The molecule has 4 heteroatoms. The second kappa shape index (κ2) is 3.87. The van der Waals surface area contributed by atoms with E-state index in [2.05, 4.69) is 17.6 Å². The summed E-state index contributed by atoms with van der Waals surface area (Å²) in [7, 11) is 0. The number of nitrogens with one attached hydrogen (secondary N) is 2. The van der Waals surface area contributed by atoms with Crippen LogP contribution in [0.15, 0.2) is 0 Å². The molecule has 0 saturated carbocycles. The Kier molecular flexibility index (Phi) is 2.74. The van der Waals surface area contributed by atoms with Crippen molar-refractivity contribution in [2.45, 2.75) is 13.3 Å². The van der Waals surface area contributed by atoms with Gasteiger partial charge in [-0.1, -0.05) is 6.92 Å². The third kappa shape index (κ3) is 2.07. The third-order valence-electron chi connectivity index (χ3n) is 3.02. The summed E-state index contributed by atoms with van der Waals surface area (Å²) >= 11 is 0. The highest BCUT2D eigenvalue weighted by Gasteiger charge is 2.34. The van der Waals surface area contributed by atoms with Gasteiger partial charge in [-0.3, -0.25) is 4.79 Å². The Morgan fingerprint density at radius 3 is 2.93 bits per heavy atom. The summed E-state index contributed by atoms with van der Waals surface area (Å²) in [6.45, 7) is 6.25. The van der Waals surface area contributed by atoms with Crippen LogP contribution in [0.5, 0.6) is 0 Å². The minimum absolute atomic E-state index is 0.180. The maximum Gasteiger partial charge on any atom is 0.224 e. The zero-order chi connectivity index (χ0) is 10.0. The van der Waals surface area contributed by atoms with E-state index in [1.807, 2.05) is 0 Å². The normalized spacial score (nSPS) is 29.6. The first-order valence-corrected chi connectivity index (χ1v) is 5.26. The quantitative estimate of drug-likeness (QED) is 0.657. The number of hydrogen-bond acceptors (Lipinski definition) is 3. The molecule has 1 amide bonds. The lowest BCUT2D eigenvalue weighted by Gasteiger charge is -2.38. The summed E-state index contributed by atoms with van der Waals surface area (Å²) in [4.78, 5) is 11.6. The molecule has 0 aromatic heterocycles. The van der Waals surface area contributed by atoms with E-state index in [0.29, 0.717) is 0 Å². The monoisotopic (exact) mass is 198 g/mol. The molecule has 2 fully saturated rings. The zero-order valence-corrected chi connectivity index (χ0v) is 8.64. The van der Waals surface area contributed by atoms with Crippen molar-refractivity contribution in [3.8, 4) is 0 Å². The fourth-order valence-electron chi connectivity index (χ4n) is 1.88. The second-order valence-electron chi connectivity index (χ2n) is 4.71. The van der Waals surface area contributed by atoms with Crippen LogP contribution >= 0.6 is 0 Å². The van der Waals surface area contributed by atoms with Gasteiger partial charge in [-0.05, 0) is 13.0 Å². The second-order valence-corrected chi connectivity index (χ2v) is 4.71. The Morgan fingerprint density at radius 2 is 2.43 bits per heavy atom. The van der Waals surface area contributed by atoms with E-state index in [0.717, 1.165) is 39.3 Å². The van der Waals surface area contributed by atoms with Crippen molar-refractivity contribution >= 4 is 5.91 Å². The summed E-state index contributed by atoms with van der Waals surface area (Å²) in [6.07, 6.45) is 0.971. The molecule has 4 nitrogen and oxygen atoms in total. The van der Waals surface area contributed by atoms with Crippen molar-refractivity contribution in [2.24, 2.45) is 11.3 Å². The number of amides is 1. The number of rotatable bonds is 3. The van der Waals surface area contributed by atoms with E-state index in [1.165, 1.54) is 0 Å². The summed E-state index contributed by atoms with van der Waals surface area (Å²) in [5, 5.41) is 6.20. The van der Waals surface area contributed by atoms with Gasteiger partial charge in [0.15, 0.2) is 0 Å². The molecule has 1 unspecified atom stereocenters. The van der Waals surface area contributed by atoms with Gasteiger partial charge in [0, 0.05) is 18.5 Å². The van der Waals surface area contributed by atoms with E-state index >= 15 is 0 Å². The van der Waals surface area contributed by atoms with E-state index in [1.54, 1.807) is 0 Å². The first-order chi connectivity index (χ1) is 6.70. The number of carbonyl (C=O) groups excluding carboxylic acids is 1. The fourth-order valence-corrected chi connectivity index (χ4v) is 1.88. The first-order valence-electron chi connectivity index (χ1n) is 5.26. The van der Waals surface area contributed by atoms with Crippen LogP contribution in [0.2, 0.25) is 0 Å². The van der Waals surface area contributed by atoms with Gasteiger partial charge in [-0.2, -0.15) is 0 Å². The Balaban J connectivity index is 1.71. The smallest absolute Gasteiger partial charge is 0.224 e. The van der Waals surface area contributed by atoms with Crippen molar-refractivity contribution in [1.82, 2.24) is 10.6 Å². The van der Waals surface area contributed by atoms with E-state index in [4.69, 9.17) is 4.74 Å². The SMILES string of the molecule is CC1(CNC(=O)C2CCNC2)COC1. The number of ether oxygens (including phenoxy) is 1. The van der Waals surface area contributed by atoms with Crippen LogP contribution < -0.4 is 10.6 Å². The maximum absolute atomic E-state index is 11.6. The van der Waals surface area contributed by atoms with Gasteiger partial charge in [0.05, 0.1) is 19.1 Å². The van der Waals surface area contributed by atoms with Crippen LogP contribution in [0.1, 0.15) is 13.3 Å². The summed E-state index contributed by atoms with van der Waals surface area (Å²) in [5.41, 5.74) is 0.182. The minimum atomic E-state index is 0.180. The lowest BCUT2D eigenvalue weighted by atomic mass is 9.88. The predicted molar refractivity (Wildman–Crippen MR) is 52.9 cm³/mol. The van der Waals surface area contributed by atoms with E-state index in [9.17, 15) is 4.79 Å². The van der Waals surface area contributed by atoms with Crippen molar-refractivity contribution in [1.29, 1.82) is 0 Å². The Morgan fingerprint density at radius 1 is 1.64 bits per heavy atom. The highest BCUT2D eigenvalue weighted by Crippen LogP contribution is 2.25. The van der Waals surface area contributed by atoms with E-state index < -0.39 is 0 Å². The van der Waals surface area contributed by atoms with Gasteiger partial charge in [0.2, 0.25) is 5.91 Å². The summed E-state index contributed by atoms with van der Waals surface area (Å²) in [5.74, 6) is 0.378. The van der Waals surface area contributed by atoms with Gasteiger partial charge in [-0.25, -0.2) is 0 Å². The molecule has 0 aromatic carbocycles. The molecule has 80 valence electrons. The average Bonchev–Trinajstić information content (AvgIpc) is 2.63. The van der Waals surface area contributed by atoms with Gasteiger partial charge in [0.1, 0.15) is 0 Å². The average molecular weight is 198 g/mol. The summed E-state index contributed by atoms with van der Waals surface area (Å²) < 4.78 is 5.13. The predicted octanol–water partition coefficient (Wildman–Crippen LogP) is -0.251. The third-order valence-corrected chi connectivity index (χ3v) is 3.02. The molecule has 2 aliphatic heterocycles. The van der Waals surface area contributed by atoms with E-state index in [-0.39, 0.29) is 17.2 Å². The largest absolute Gasteiger partial charge is 0.380 e. The van der Waals surface area contributed by atoms with Gasteiger partial charge in [-0.15, -0.1) is 0 Å². The molecule has 2 N–H and O–H groups in total. The fraction of sp³-hybridized carbons (Fsp3) is 0.900. The number of hydrogen-bond donors (Lipinski definition) is 2. The van der Waals surface area contributed by atoms with Crippen molar-refractivity contribution in [3.05, 3.63) is 0 Å². The minimum Gasteiger partial charge on any atom is -0.380 e. The van der Waals surface area contributed by atoms with Crippen molar-refractivity contribution in [2.75, 3.05) is 32.8 Å². The van der Waals surface area contributed by atoms with Crippen LogP contribution in [0, 0.1) is 11.3 Å². The van der Waals surface area contributed by atoms with Crippen LogP contribution in [-0.4, -0.2) is 38.8 Å². The molecule has 2 rings (SSSR count). The lowest BCUT2D eigenvalue weighted by Crippen LogP contribution is -2.49. The van der Waals surface area contributed by atoms with Crippen LogP contribution in [0.4, 0.5) is 0 Å². The Hall–Kier alpha value is -0.610. The van der Waals surface area contributed by atoms with Crippen molar-refractivity contribution < 1.29 is 9.53 Å². The lowest BCUT2D eigenvalue weighted by molar-refractivity contribution is -0.129. The van der Waals surface area contributed by atoms with Crippen LogP contribution in [0.3, 0.4) is 0 Å². The highest BCUT2D eigenvalue weighted by atomic mass is 16.5. The van der Waals surface area contributed by atoms with Gasteiger partial charge < -0.3 is 15.4 Å². The topological polar surface area (TPSA) is 50.4 Å². The standard InChI is InChI=1S/C10H18N2O2/c1-10(6-14-7-10)5-12-9(13)8-2-3-11-4-8/h8,11H,2-7H2,1H3,(H,12,13). The molecule has 0 radical (unpaired) electrons. The Bertz CT molecular complexity index is 220. The van der Waals surface area contributed by atoms with Gasteiger partial charge in [0.25, 0.3) is 0 Å².